The molecule has 158 valence electrons. The third-order valence-electron chi connectivity index (χ3n) is 5.21. The molecule has 0 atom stereocenters. The van der Waals surface area contributed by atoms with Gasteiger partial charge in [-0.3, -0.25) is 4.90 Å². The molecule has 0 saturated carbocycles. The number of aromatic nitrogens is 1. The van der Waals surface area contributed by atoms with Crippen LogP contribution in [0.3, 0.4) is 0 Å². The molecule has 0 radical (unpaired) electrons. The number of carbonyl (C=O) groups is 1. The third kappa shape index (κ3) is 4.98. The number of pyridine rings is 1. The lowest BCUT2D eigenvalue weighted by Gasteiger charge is -2.32. The van der Waals surface area contributed by atoms with Gasteiger partial charge in [-0.25, -0.2) is 9.78 Å². The van der Waals surface area contributed by atoms with Gasteiger partial charge in [-0.15, -0.1) is 0 Å². The van der Waals surface area contributed by atoms with Crippen LogP contribution in [0.1, 0.15) is 96.8 Å². The molecule has 0 bridgehead atoms. The van der Waals surface area contributed by atoms with Gasteiger partial charge in [-0.2, -0.15) is 0 Å². The Morgan fingerprint density at radius 1 is 0.931 bits per heavy atom. The zero-order valence-electron chi connectivity index (χ0n) is 19.4. The van der Waals surface area contributed by atoms with Crippen LogP contribution < -0.4 is 4.90 Å². The molecule has 2 aromatic rings. The summed E-state index contributed by atoms with van der Waals surface area (Å²) in [5, 5.41) is 9.79. The standard InChI is InChI=1S/C25H36N2O2/c1-15(2)18-13-19(16(3)4)23(20(14-18)17(5)6)21-11-10-12-22(26-21)27(24(28)29)25(7,8)9/h10-17H,1-9H3,(H,28,29). The summed E-state index contributed by atoms with van der Waals surface area (Å²) in [5.41, 5.74) is 5.26. The molecule has 0 unspecified atom stereocenters. The van der Waals surface area contributed by atoms with Crippen LogP contribution in [0.4, 0.5) is 10.6 Å². The van der Waals surface area contributed by atoms with E-state index < -0.39 is 11.6 Å². The van der Waals surface area contributed by atoms with Gasteiger partial charge in [0, 0.05) is 11.1 Å². The lowest BCUT2D eigenvalue weighted by atomic mass is 9.83. The molecule has 0 aliphatic carbocycles. The van der Waals surface area contributed by atoms with E-state index in [0.29, 0.717) is 23.6 Å². The Balaban J connectivity index is 2.79. The Bertz CT molecular complexity index is 848. The number of hydrogen-bond donors (Lipinski definition) is 1. The van der Waals surface area contributed by atoms with Crippen molar-refractivity contribution >= 4 is 11.9 Å². The summed E-state index contributed by atoms with van der Waals surface area (Å²) in [4.78, 5) is 18.1. The summed E-state index contributed by atoms with van der Waals surface area (Å²) >= 11 is 0. The monoisotopic (exact) mass is 396 g/mol. The SMILES string of the molecule is CC(C)c1cc(C(C)C)c(-c2cccc(N(C(=O)O)C(C)(C)C)n2)c(C(C)C)c1. The number of hydrogen-bond acceptors (Lipinski definition) is 2. The fourth-order valence-corrected chi connectivity index (χ4v) is 3.67. The minimum Gasteiger partial charge on any atom is -0.465 e. The van der Waals surface area contributed by atoms with E-state index in [1.165, 1.54) is 21.6 Å². The fourth-order valence-electron chi connectivity index (χ4n) is 3.67. The first-order valence-electron chi connectivity index (χ1n) is 10.5. The van der Waals surface area contributed by atoms with Gasteiger partial charge < -0.3 is 5.11 Å². The lowest BCUT2D eigenvalue weighted by molar-refractivity contribution is 0.195. The van der Waals surface area contributed by atoms with Crippen LogP contribution in [0, 0.1) is 0 Å². The Kier molecular flexibility index (Phi) is 6.77. The summed E-state index contributed by atoms with van der Waals surface area (Å²) in [6, 6.07) is 10.3. The molecule has 29 heavy (non-hydrogen) atoms. The second-order valence-corrected chi connectivity index (χ2v) is 9.71. The van der Waals surface area contributed by atoms with E-state index in [-0.39, 0.29) is 0 Å². The average Bonchev–Trinajstić information content (AvgIpc) is 2.58. The smallest absolute Gasteiger partial charge is 0.413 e. The van der Waals surface area contributed by atoms with Crippen molar-refractivity contribution < 1.29 is 9.90 Å². The molecule has 1 amide bonds. The third-order valence-corrected chi connectivity index (χ3v) is 5.21. The van der Waals surface area contributed by atoms with Crippen LogP contribution >= 0.6 is 0 Å². The van der Waals surface area contributed by atoms with E-state index in [2.05, 4.69) is 53.7 Å². The molecular formula is C25H36N2O2. The minimum atomic E-state index is -0.995. The topological polar surface area (TPSA) is 53.4 Å². The van der Waals surface area contributed by atoms with Crippen LogP contribution in [-0.2, 0) is 0 Å². The van der Waals surface area contributed by atoms with Crippen molar-refractivity contribution in [1.29, 1.82) is 0 Å². The van der Waals surface area contributed by atoms with E-state index in [1.54, 1.807) is 6.07 Å². The van der Waals surface area contributed by atoms with Crippen molar-refractivity contribution in [2.75, 3.05) is 4.90 Å². The summed E-state index contributed by atoms with van der Waals surface area (Å²) in [6.07, 6.45) is -0.995. The quantitative estimate of drug-likeness (QED) is 0.573. The first-order valence-corrected chi connectivity index (χ1v) is 10.5. The highest BCUT2D eigenvalue weighted by atomic mass is 16.4. The first-order chi connectivity index (χ1) is 13.3. The van der Waals surface area contributed by atoms with Gasteiger partial charge in [0.1, 0.15) is 5.82 Å². The van der Waals surface area contributed by atoms with E-state index in [0.717, 1.165) is 11.3 Å². The summed E-state index contributed by atoms with van der Waals surface area (Å²) in [5.74, 6) is 1.58. The van der Waals surface area contributed by atoms with Gasteiger partial charge in [0.05, 0.1) is 5.69 Å². The van der Waals surface area contributed by atoms with Crippen molar-refractivity contribution in [2.24, 2.45) is 0 Å². The maximum Gasteiger partial charge on any atom is 0.413 e. The largest absolute Gasteiger partial charge is 0.465 e. The molecule has 1 heterocycles. The van der Waals surface area contributed by atoms with Gasteiger partial charge in [0.25, 0.3) is 0 Å². The van der Waals surface area contributed by atoms with Crippen LogP contribution in [0.5, 0.6) is 0 Å². The summed E-state index contributed by atoms with van der Waals surface area (Å²) in [7, 11) is 0. The van der Waals surface area contributed by atoms with Gasteiger partial charge in [0.2, 0.25) is 0 Å². The maximum atomic E-state index is 12.0. The van der Waals surface area contributed by atoms with Crippen LogP contribution in [0.25, 0.3) is 11.3 Å². The summed E-state index contributed by atoms with van der Waals surface area (Å²) in [6.45, 7) is 18.9. The normalized spacial score (nSPS) is 12.1. The van der Waals surface area contributed by atoms with Gasteiger partial charge in [-0.05, 0) is 67.3 Å². The molecule has 0 aliphatic heterocycles. The van der Waals surface area contributed by atoms with Crippen molar-refractivity contribution in [3.05, 3.63) is 47.0 Å². The van der Waals surface area contributed by atoms with Gasteiger partial charge >= 0.3 is 6.09 Å². The molecule has 4 heteroatoms. The van der Waals surface area contributed by atoms with E-state index in [4.69, 9.17) is 4.98 Å². The zero-order chi connectivity index (χ0) is 22.1. The number of nitrogens with zero attached hydrogens (tertiary/aromatic N) is 2. The second-order valence-electron chi connectivity index (χ2n) is 9.71. The van der Waals surface area contributed by atoms with Gasteiger partial charge in [-0.1, -0.05) is 59.7 Å². The Morgan fingerprint density at radius 2 is 1.45 bits per heavy atom. The van der Waals surface area contributed by atoms with E-state index in [1.807, 2.05) is 32.9 Å². The molecule has 0 aliphatic rings. The number of anilines is 1. The Morgan fingerprint density at radius 3 is 1.83 bits per heavy atom. The van der Waals surface area contributed by atoms with Crippen molar-refractivity contribution in [3.8, 4) is 11.3 Å². The highest BCUT2D eigenvalue weighted by Crippen LogP contribution is 2.38. The molecular weight excluding hydrogens is 360 g/mol. The number of carboxylic acid groups (broad SMARTS) is 1. The van der Waals surface area contributed by atoms with Gasteiger partial charge in [0.15, 0.2) is 0 Å². The average molecular weight is 397 g/mol. The predicted octanol–water partition coefficient (Wildman–Crippen LogP) is 7.40. The maximum absolute atomic E-state index is 12.0. The Labute approximate surface area is 176 Å². The Hall–Kier alpha value is -2.36. The number of amides is 1. The zero-order valence-corrected chi connectivity index (χ0v) is 19.4. The van der Waals surface area contributed by atoms with E-state index in [9.17, 15) is 9.90 Å². The number of rotatable bonds is 5. The summed E-state index contributed by atoms with van der Waals surface area (Å²) < 4.78 is 0. The minimum absolute atomic E-state index is 0.338. The fraction of sp³-hybridized carbons (Fsp3) is 0.520. The molecule has 0 saturated heterocycles. The van der Waals surface area contributed by atoms with E-state index >= 15 is 0 Å². The molecule has 1 N–H and O–H groups in total. The molecule has 0 spiro atoms. The van der Waals surface area contributed by atoms with Crippen molar-refractivity contribution in [1.82, 2.24) is 4.98 Å². The molecule has 1 aromatic heterocycles. The van der Waals surface area contributed by atoms with Crippen molar-refractivity contribution in [2.45, 2.75) is 85.6 Å². The van der Waals surface area contributed by atoms with Crippen molar-refractivity contribution in [3.63, 3.8) is 0 Å². The molecule has 4 nitrogen and oxygen atoms in total. The highest BCUT2D eigenvalue weighted by Gasteiger charge is 2.29. The highest BCUT2D eigenvalue weighted by molar-refractivity contribution is 5.87. The number of benzene rings is 1. The lowest BCUT2D eigenvalue weighted by Crippen LogP contribution is -2.45. The second kappa shape index (κ2) is 8.56. The molecule has 1 aromatic carbocycles. The van der Waals surface area contributed by atoms with Crippen LogP contribution in [0.15, 0.2) is 30.3 Å². The first kappa shape index (κ1) is 22.9. The predicted molar refractivity (Wildman–Crippen MR) is 122 cm³/mol. The van der Waals surface area contributed by atoms with Crippen LogP contribution in [0.2, 0.25) is 0 Å². The molecule has 0 fully saturated rings. The molecule has 2 rings (SSSR count). The van der Waals surface area contributed by atoms with Crippen LogP contribution in [-0.4, -0.2) is 21.7 Å².